The first-order chi connectivity index (χ1) is 8.25. The molecular weight excluding hydrogens is 258 g/mol. The molecule has 1 aromatic carbocycles. The van der Waals surface area contributed by atoms with E-state index in [1.807, 2.05) is 0 Å². The van der Waals surface area contributed by atoms with E-state index >= 15 is 0 Å². The van der Waals surface area contributed by atoms with Crippen molar-refractivity contribution in [2.75, 3.05) is 0 Å². The number of benzene rings is 1. The first kappa shape index (κ1) is 13.9. The van der Waals surface area contributed by atoms with Crippen LogP contribution in [0, 0.1) is 0 Å². The Morgan fingerprint density at radius 2 is 1.78 bits per heavy atom. The van der Waals surface area contributed by atoms with E-state index in [-0.39, 0.29) is 10.2 Å². The van der Waals surface area contributed by atoms with Crippen LogP contribution in [0.4, 0.5) is 0 Å². The highest BCUT2D eigenvalue weighted by molar-refractivity contribution is 8.68. The van der Waals surface area contributed by atoms with Crippen molar-refractivity contribution in [1.29, 1.82) is 0 Å². The molecule has 1 nitrogen and oxygen atoms in total. The van der Waals surface area contributed by atoms with Crippen LogP contribution in [-0.2, 0) is 10.2 Å². The van der Waals surface area contributed by atoms with Crippen LogP contribution in [0.2, 0.25) is 0 Å². The fraction of sp³-hybridized carbons (Fsp3) is 0.467. The van der Waals surface area contributed by atoms with E-state index in [0.29, 0.717) is 0 Å². The molecule has 0 spiro atoms. The lowest BCUT2D eigenvalue weighted by Crippen LogP contribution is -2.12. The minimum absolute atomic E-state index is 0.0315. The Kier molecular flexibility index (Phi) is 3.50. The Bertz CT molecular complexity index is 561. The van der Waals surface area contributed by atoms with Crippen molar-refractivity contribution < 1.29 is 0 Å². The van der Waals surface area contributed by atoms with Gasteiger partial charge in [0.25, 0.3) is 0 Å². The lowest BCUT2D eigenvalue weighted by molar-refractivity contribution is 0.595. The summed E-state index contributed by atoms with van der Waals surface area (Å²) in [6, 6.07) is 6.66. The van der Waals surface area contributed by atoms with Crippen molar-refractivity contribution in [2.24, 2.45) is 0 Å². The normalized spacial score (nSPS) is 13.2. The summed E-state index contributed by atoms with van der Waals surface area (Å²) in [5.41, 5.74) is 4.07. The molecule has 98 valence electrons. The van der Waals surface area contributed by atoms with Crippen LogP contribution < -0.4 is 0 Å². The van der Waals surface area contributed by atoms with Crippen molar-refractivity contribution in [3.63, 3.8) is 0 Å². The molecule has 0 amide bonds. The zero-order chi connectivity index (χ0) is 13.6. The number of hydrogen-bond acceptors (Lipinski definition) is 2. The molecule has 0 radical (unpaired) electrons. The summed E-state index contributed by atoms with van der Waals surface area (Å²) in [5, 5.41) is 1.33. The van der Waals surface area contributed by atoms with Gasteiger partial charge in [-0.3, -0.25) is 0 Å². The Morgan fingerprint density at radius 3 is 2.33 bits per heavy atom. The van der Waals surface area contributed by atoms with Crippen molar-refractivity contribution in [3.05, 3.63) is 35.5 Å². The van der Waals surface area contributed by atoms with Gasteiger partial charge in [-0.2, -0.15) is 0 Å². The van der Waals surface area contributed by atoms with E-state index in [9.17, 15) is 0 Å². The second kappa shape index (κ2) is 4.53. The Balaban J connectivity index is 2.63. The molecular formula is C15H21NS2. The molecule has 0 aliphatic rings. The highest BCUT2D eigenvalue weighted by Gasteiger charge is 2.23. The van der Waals surface area contributed by atoms with Crippen LogP contribution in [0.3, 0.4) is 0 Å². The highest BCUT2D eigenvalue weighted by atomic mass is 33.1. The number of rotatable bonds is 2. The third-order valence-corrected chi connectivity index (χ3v) is 5.47. The standard InChI is InChI=1S/C15H21NS2/c1-14(2,3)12-9-16-13-7-6-10(8-11(12)13)15(4,5)18-17/h6-9,16-17H,1-5H3. The molecule has 2 aromatic rings. The highest BCUT2D eigenvalue weighted by Crippen LogP contribution is 2.40. The Hall–Kier alpha value is -0.540. The van der Waals surface area contributed by atoms with Gasteiger partial charge in [0.1, 0.15) is 0 Å². The third-order valence-electron chi connectivity index (χ3n) is 3.41. The second-order valence-electron chi connectivity index (χ2n) is 6.31. The van der Waals surface area contributed by atoms with Crippen molar-refractivity contribution >= 4 is 33.4 Å². The van der Waals surface area contributed by atoms with Crippen LogP contribution in [0.15, 0.2) is 24.4 Å². The number of aromatic nitrogens is 1. The number of nitrogens with one attached hydrogen (secondary N) is 1. The summed E-state index contributed by atoms with van der Waals surface area (Å²) >= 11 is 4.38. The van der Waals surface area contributed by atoms with Gasteiger partial charge in [0.2, 0.25) is 0 Å². The molecule has 1 heterocycles. The topological polar surface area (TPSA) is 15.8 Å². The smallest absolute Gasteiger partial charge is 0.0457 e. The fourth-order valence-electron chi connectivity index (χ4n) is 2.17. The third kappa shape index (κ3) is 2.43. The van der Waals surface area contributed by atoms with Crippen LogP contribution in [0.25, 0.3) is 10.9 Å². The molecule has 0 atom stereocenters. The van der Waals surface area contributed by atoms with Gasteiger partial charge >= 0.3 is 0 Å². The minimum Gasteiger partial charge on any atom is -0.361 e. The maximum absolute atomic E-state index is 4.38. The zero-order valence-electron chi connectivity index (χ0n) is 11.7. The van der Waals surface area contributed by atoms with Crippen LogP contribution in [0.1, 0.15) is 45.7 Å². The summed E-state index contributed by atoms with van der Waals surface area (Å²) in [4.78, 5) is 3.37. The largest absolute Gasteiger partial charge is 0.361 e. The Labute approximate surface area is 119 Å². The maximum Gasteiger partial charge on any atom is 0.0457 e. The summed E-state index contributed by atoms with van der Waals surface area (Å²) in [6.07, 6.45) is 2.13. The molecule has 0 unspecified atom stereocenters. The SMILES string of the molecule is CC(C)(C)c1c[nH]c2ccc(C(C)(C)SS)cc12. The summed E-state index contributed by atoms with van der Waals surface area (Å²) < 4.78 is 0.0315. The minimum atomic E-state index is 0.0315. The van der Waals surface area contributed by atoms with Gasteiger partial charge in [0, 0.05) is 21.8 Å². The molecule has 0 aliphatic carbocycles. The number of fused-ring (bicyclic) bond motifs is 1. The van der Waals surface area contributed by atoms with Gasteiger partial charge in [-0.05, 0) is 42.5 Å². The van der Waals surface area contributed by atoms with Crippen molar-refractivity contribution in [3.8, 4) is 0 Å². The number of hydrogen-bond donors (Lipinski definition) is 2. The summed E-state index contributed by atoms with van der Waals surface area (Å²) in [5.74, 6) is 0. The molecule has 0 bridgehead atoms. The van der Waals surface area contributed by atoms with Gasteiger partial charge < -0.3 is 4.98 Å². The first-order valence-corrected chi connectivity index (χ1v) is 8.07. The lowest BCUT2D eigenvalue weighted by Gasteiger charge is -2.23. The van der Waals surface area contributed by atoms with Crippen LogP contribution in [0.5, 0.6) is 0 Å². The van der Waals surface area contributed by atoms with Crippen LogP contribution in [-0.4, -0.2) is 4.98 Å². The molecule has 1 aromatic heterocycles. The Morgan fingerprint density at radius 1 is 1.11 bits per heavy atom. The van der Waals surface area contributed by atoms with E-state index < -0.39 is 0 Å². The average Bonchev–Trinajstić information content (AvgIpc) is 2.71. The van der Waals surface area contributed by atoms with Gasteiger partial charge in [-0.15, -0.1) is 11.7 Å². The second-order valence-corrected chi connectivity index (χ2v) is 8.07. The number of aromatic amines is 1. The van der Waals surface area contributed by atoms with Crippen LogP contribution >= 0.6 is 22.5 Å². The van der Waals surface area contributed by atoms with Gasteiger partial charge in [-0.1, -0.05) is 37.6 Å². The van der Waals surface area contributed by atoms with E-state index in [4.69, 9.17) is 0 Å². The molecule has 1 N–H and O–H groups in total. The predicted molar refractivity (Wildman–Crippen MR) is 86.6 cm³/mol. The van der Waals surface area contributed by atoms with E-state index in [2.05, 4.69) is 75.7 Å². The average molecular weight is 279 g/mol. The monoisotopic (exact) mass is 279 g/mol. The predicted octanol–water partition coefficient (Wildman–Crippen LogP) is 5.28. The molecule has 18 heavy (non-hydrogen) atoms. The summed E-state index contributed by atoms with van der Waals surface area (Å²) in [6.45, 7) is 11.2. The van der Waals surface area contributed by atoms with Crippen molar-refractivity contribution in [1.82, 2.24) is 4.98 Å². The zero-order valence-corrected chi connectivity index (χ0v) is 13.4. The summed E-state index contributed by atoms with van der Waals surface area (Å²) in [7, 11) is 1.59. The van der Waals surface area contributed by atoms with E-state index in [1.54, 1.807) is 10.8 Å². The molecule has 2 rings (SSSR count). The molecule has 3 heteroatoms. The van der Waals surface area contributed by atoms with E-state index in [1.165, 1.54) is 22.0 Å². The van der Waals surface area contributed by atoms with Crippen molar-refractivity contribution in [2.45, 2.75) is 44.8 Å². The first-order valence-electron chi connectivity index (χ1n) is 6.20. The quantitative estimate of drug-likeness (QED) is 0.564. The molecule has 0 aliphatic heterocycles. The van der Waals surface area contributed by atoms with Gasteiger partial charge in [-0.25, -0.2) is 0 Å². The molecule has 0 saturated heterocycles. The fourth-order valence-corrected chi connectivity index (χ4v) is 2.72. The van der Waals surface area contributed by atoms with E-state index in [0.717, 1.165) is 0 Å². The number of thiol groups is 1. The van der Waals surface area contributed by atoms with Gasteiger partial charge in [0.05, 0.1) is 0 Å². The van der Waals surface area contributed by atoms with Gasteiger partial charge in [0.15, 0.2) is 0 Å². The lowest BCUT2D eigenvalue weighted by atomic mass is 9.86. The molecule has 0 saturated carbocycles. The maximum atomic E-state index is 4.38. The molecule has 0 fully saturated rings. The number of H-pyrrole nitrogens is 1.